The van der Waals surface area contributed by atoms with Crippen molar-refractivity contribution in [3.8, 4) is 0 Å². The van der Waals surface area contributed by atoms with E-state index in [0.717, 1.165) is 37.3 Å². The summed E-state index contributed by atoms with van der Waals surface area (Å²) in [6, 6.07) is -0.541. The van der Waals surface area contributed by atoms with Crippen molar-refractivity contribution in [3.63, 3.8) is 0 Å². The highest BCUT2D eigenvalue weighted by molar-refractivity contribution is 7.99. The van der Waals surface area contributed by atoms with Gasteiger partial charge in [0, 0.05) is 6.54 Å². The molecule has 0 aromatic rings. The quantitative estimate of drug-likeness (QED) is 0.730. The zero-order valence-electron chi connectivity index (χ0n) is 12.7. The van der Waals surface area contributed by atoms with Crippen LogP contribution >= 0.6 is 11.8 Å². The van der Waals surface area contributed by atoms with Gasteiger partial charge in [0.25, 0.3) is 0 Å². The summed E-state index contributed by atoms with van der Waals surface area (Å²) >= 11 is 1.89. The fourth-order valence-electron chi connectivity index (χ4n) is 2.82. The number of thioether (sulfide) groups is 1. The topological polar surface area (TPSA) is 49.4 Å². The van der Waals surface area contributed by atoms with E-state index >= 15 is 0 Å². The molecule has 4 nitrogen and oxygen atoms in total. The van der Waals surface area contributed by atoms with Crippen LogP contribution in [0.1, 0.15) is 40.0 Å². The molecule has 1 aliphatic carbocycles. The molecule has 2 atom stereocenters. The summed E-state index contributed by atoms with van der Waals surface area (Å²) in [6.45, 7) is 6.85. The molecule has 5 heteroatoms. The molecule has 2 rings (SSSR count). The Bertz CT molecular complexity index is 369. The van der Waals surface area contributed by atoms with Crippen LogP contribution in [0.2, 0.25) is 0 Å². The van der Waals surface area contributed by atoms with E-state index < -0.39 is 0 Å². The number of carbonyl (C=O) groups is 2. The molecule has 2 fully saturated rings. The number of hydrogen-bond donors (Lipinski definition) is 1. The minimum Gasteiger partial charge on any atom is -0.342 e. The molecule has 2 unspecified atom stereocenters. The Labute approximate surface area is 126 Å². The van der Waals surface area contributed by atoms with E-state index in [2.05, 4.69) is 12.2 Å². The average molecular weight is 298 g/mol. The number of amides is 2. The number of hydrogen-bond acceptors (Lipinski definition) is 3. The van der Waals surface area contributed by atoms with E-state index in [0.29, 0.717) is 5.92 Å². The molecule has 1 aliphatic heterocycles. The Hall–Kier alpha value is -0.710. The van der Waals surface area contributed by atoms with E-state index in [4.69, 9.17) is 0 Å². The SMILES string of the molecule is CCSCCCN1C(=O)C(C(C)C)NC(=O)C1C1CC1. The van der Waals surface area contributed by atoms with Crippen LogP contribution in [0.15, 0.2) is 0 Å². The summed E-state index contributed by atoms with van der Waals surface area (Å²) in [5, 5.41) is 2.93. The zero-order chi connectivity index (χ0) is 14.7. The third-order valence-electron chi connectivity index (χ3n) is 4.08. The normalized spacial score (nSPS) is 27.1. The highest BCUT2D eigenvalue weighted by atomic mass is 32.2. The van der Waals surface area contributed by atoms with Crippen LogP contribution in [0.3, 0.4) is 0 Å². The van der Waals surface area contributed by atoms with Gasteiger partial charge in [0.15, 0.2) is 0 Å². The largest absolute Gasteiger partial charge is 0.342 e. The van der Waals surface area contributed by atoms with Gasteiger partial charge in [0.2, 0.25) is 11.8 Å². The fourth-order valence-corrected chi connectivity index (χ4v) is 3.44. The summed E-state index contributed by atoms with van der Waals surface area (Å²) in [7, 11) is 0. The van der Waals surface area contributed by atoms with Crippen LogP contribution < -0.4 is 5.32 Å². The first-order chi connectivity index (χ1) is 9.56. The molecule has 20 heavy (non-hydrogen) atoms. The first kappa shape index (κ1) is 15.7. The molecule has 0 radical (unpaired) electrons. The third kappa shape index (κ3) is 3.48. The smallest absolute Gasteiger partial charge is 0.246 e. The molecule has 114 valence electrons. The van der Waals surface area contributed by atoms with E-state index in [1.54, 1.807) is 0 Å². The first-order valence-electron chi connectivity index (χ1n) is 7.74. The molecule has 2 amide bonds. The second kappa shape index (κ2) is 6.83. The van der Waals surface area contributed by atoms with Crippen molar-refractivity contribution in [3.05, 3.63) is 0 Å². The maximum Gasteiger partial charge on any atom is 0.246 e. The highest BCUT2D eigenvalue weighted by Gasteiger charge is 2.48. The number of nitrogens with zero attached hydrogens (tertiary/aromatic N) is 1. The average Bonchev–Trinajstić information content (AvgIpc) is 3.21. The molecular formula is C15H26N2O2S. The molecule has 1 N–H and O–H groups in total. The van der Waals surface area contributed by atoms with Gasteiger partial charge in [-0.3, -0.25) is 9.59 Å². The molecule has 0 aromatic carbocycles. The van der Waals surface area contributed by atoms with Gasteiger partial charge in [-0.15, -0.1) is 0 Å². The molecular weight excluding hydrogens is 272 g/mol. The monoisotopic (exact) mass is 298 g/mol. The van der Waals surface area contributed by atoms with Crippen molar-refractivity contribution in [2.45, 2.75) is 52.1 Å². The minimum atomic E-state index is -0.337. The third-order valence-corrected chi connectivity index (χ3v) is 5.06. The molecule has 1 heterocycles. The van der Waals surface area contributed by atoms with Crippen molar-refractivity contribution in [1.82, 2.24) is 10.2 Å². The van der Waals surface area contributed by atoms with Crippen molar-refractivity contribution in [1.29, 1.82) is 0 Å². The maximum atomic E-state index is 12.6. The summed E-state index contributed by atoms with van der Waals surface area (Å²) in [6.07, 6.45) is 3.14. The Kier molecular flexibility index (Phi) is 5.35. The summed E-state index contributed by atoms with van der Waals surface area (Å²) in [4.78, 5) is 26.8. The van der Waals surface area contributed by atoms with Crippen LogP contribution in [-0.2, 0) is 9.59 Å². The van der Waals surface area contributed by atoms with Gasteiger partial charge in [-0.2, -0.15) is 11.8 Å². The van der Waals surface area contributed by atoms with Gasteiger partial charge in [-0.05, 0) is 42.6 Å². The Morgan fingerprint density at radius 3 is 2.60 bits per heavy atom. The van der Waals surface area contributed by atoms with Crippen LogP contribution in [0.4, 0.5) is 0 Å². The van der Waals surface area contributed by atoms with Crippen LogP contribution in [0.25, 0.3) is 0 Å². The lowest BCUT2D eigenvalue weighted by atomic mass is 9.96. The standard InChI is InChI=1S/C15H26N2O2S/c1-4-20-9-5-8-17-13(11-6-7-11)14(18)16-12(10(2)3)15(17)19/h10-13H,4-9H2,1-3H3,(H,16,18). The predicted octanol–water partition coefficient (Wildman–Crippen LogP) is 1.89. The van der Waals surface area contributed by atoms with E-state index in [1.807, 2.05) is 30.5 Å². The lowest BCUT2D eigenvalue weighted by Crippen LogP contribution is -2.65. The second-order valence-electron chi connectivity index (χ2n) is 6.09. The summed E-state index contributed by atoms with van der Waals surface area (Å²) in [5.74, 6) is 2.90. The van der Waals surface area contributed by atoms with Gasteiger partial charge in [0.05, 0.1) is 0 Å². The number of carbonyl (C=O) groups excluding carboxylic acids is 2. The number of piperazine rings is 1. The van der Waals surface area contributed by atoms with E-state index in [9.17, 15) is 9.59 Å². The van der Waals surface area contributed by atoms with Crippen LogP contribution in [0.5, 0.6) is 0 Å². The van der Waals surface area contributed by atoms with E-state index in [-0.39, 0.29) is 29.8 Å². The first-order valence-corrected chi connectivity index (χ1v) is 8.90. The van der Waals surface area contributed by atoms with E-state index in [1.165, 1.54) is 0 Å². The molecule has 1 saturated heterocycles. The summed E-state index contributed by atoms with van der Waals surface area (Å²) < 4.78 is 0. The molecule has 0 bridgehead atoms. The minimum absolute atomic E-state index is 0.0638. The summed E-state index contributed by atoms with van der Waals surface area (Å²) in [5.41, 5.74) is 0. The number of rotatable bonds is 7. The molecule has 0 spiro atoms. The fraction of sp³-hybridized carbons (Fsp3) is 0.867. The Morgan fingerprint density at radius 2 is 2.05 bits per heavy atom. The predicted molar refractivity (Wildman–Crippen MR) is 82.6 cm³/mol. The van der Waals surface area contributed by atoms with Crippen LogP contribution in [-0.4, -0.2) is 46.8 Å². The van der Waals surface area contributed by atoms with Gasteiger partial charge in [-0.25, -0.2) is 0 Å². The van der Waals surface area contributed by atoms with Crippen molar-refractivity contribution in [2.75, 3.05) is 18.1 Å². The van der Waals surface area contributed by atoms with Crippen molar-refractivity contribution in [2.24, 2.45) is 11.8 Å². The Balaban J connectivity index is 2.03. The second-order valence-corrected chi connectivity index (χ2v) is 7.49. The Morgan fingerprint density at radius 1 is 1.35 bits per heavy atom. The molecule has 0 aromatic heterocycles. The van der Waals surface area contributed by atoms with Crippen molar-refractivity contribution >= 4 is 23.6 Å². The zero-order valence-corrected chi connectivity index (χ0v) is 13.5. The molecule has 2 aliphatic rings. The van der Waals surface area contributed by atoms with Crippen molar-refractivity contribution < 1.29 is 9.59 Å². The molecule has 1 saturated carbocycles. The van der Waals surface area contributed by atoms with Gasteiger partial charge in [0.1, 0.15) is 12.1 Å². The van der Waals surface area contributed by atoms with Gasteiger partial charge < -0.3 is 10.2 Å². The maximum absolute atomic E-state index is 12.6. The highest BCUT2D eigenvalue weighted by Crippen LogP contribution is 2.37. The van der Waals surface area contributed by atoms with Gasteiger partial charge >= 0.3 is 0 Å². The number of nitrogens with one attached hydrogen (secondary N) is 1. The van der Waals surface area contributed by atoms with Crippen LogP contribution in [0, 0.1) is 11.8 Å². The van der Waals surface area contributed by atoms with Gasteiger partial charge in [-0.1, -0.05) is 20.8 Å². The lowest BCUT2D eigenvalue weighted by molar-refractivity contribution is -0.151. The lowest BCUT2D eigenvalue weighted by Gasteiger charge is -2.40.